The highest BCUT2D eigenvalue weighted by molar-refractivity contribution is 5.43. The summed E-state index contributed by atoms with van der Waals surface area (Å²) in [4.78, 5) is 2.16. The Kier molecular flexibility index (Phi) is 3.48. The van der Waals surface area contributed by atoms with E-state index in [-0.39, 0.29) is 30.3 Å². The molecule has 5 fully saturated rings. The molecule has 7 heteroatoms. The number of fused-ring (bicyclic) bond motifs is 2. The van der Waals surface area contributed by atoms with Gasteiger partial charge in [-0.1, -0.05) is 26.0 Å². The van der Waals surface area contributed by atoms with E-state index in [1.165, 1.54) is 0 Å². The van der Waals surface area contributed by atoms with Crippen LogP contribution in [0.1, 0.15) is 26.7 Å². The number of likely N-dealkylation sites (tertiary alicyclic amines) is 1. The van der Waals surface area contributed by atoms with Crippen LogP contribution in [0, 0.1) is 34.5 Å². The Labute approximate surface area is 171 Å². The molecular formula is C22H33NO6. The smallest absolute Gasteiger partial charge is 0.136 e. The highest BCUT2D eigenvalue weighted by Crippen LogP contribution is 2.78. The zero-order valence-corrected chi connectivity index (χ0v) is 17.3. The fourth-order valence-corrected chi connectivity index (χ4v) is 9.68. The lowest BCUT2D eigenvalue weighted by Crippen LogP contribution is -2.81. The van der Waals surface area contributed by atoms with Crippen LogP contribution >= 0.6 is 0 Å². The van der Waals surface area contributed by atoms with Crippen LogP contribution in [0.5, 0.6) is 0 Å². The van der Waals surface area contributed by atoms with Crippen molar-refractivity contribution in [3.05, 3.63) is 12.2 Å². The molecule has 7 nitrogen and oxygen atoms in total. The molecule has 6 aliphatic rings. The highest BCUT2D eigenvalue weighted by Gasteiger charge is 2.90. The lowest BCUT2D eigenvalue weighted by Gasteiger charge is -2.68. The van der Waals surface area contributed by atoms with Crippen LogP contribution in [0.2, 0.25) is 0 Å². The van der Waals surface area contributed by atoms with E-state index < -0.39 is 52.3 Å². The Morgan fingerprint density at radius 3 is 2.59 bits per heavy atom. The number of aliphatic hydroxyl groups is 5. The van der Waals surface area contributed by atoms with Gasteiger partial charge in [0.15, 0.2) is 0 Å². The van der Waals surface area contributed by atoms with Crippen molar-refractivity contribution in [2.45, 2.75) is 68.3 Å². The van der Waals surface area contributed by atoms with Crippen molar-refractivity contribution < 1.29 is 30.3 Å². The third-order valence-electron chi connectivity index (χ3n) is 10.3. The Hall–Kier alpha value is -0.540. The van der Waals surface area contributed by atoms with Gasteiger partial charge in [-0.15, -0.1) is 0 Å². The average Bonchev–Trinajstić information content (AvgIpc) is 3.04. The van der Waals surface area contributed by atoms with Gasteiger partial charge in [-0.25, -0.2) is 0 Å². The van der Waals surface area contributed by atoms with E-state index >= 15 is 0 Å². The maximum atomic E-state index is 12.3. The number of hydrogen-bond acceptors (Lipinski definition) is 7. The lowest BCUT2D eigenvalue weighted by atomic mass is 9.44. The number of piperidine rings is 1. The fourth-order valence-electron chi connectivity index (χ4n) is 9.68. The topological polar surface area (TPSA) is 114 Å². The number of hydrogen-bond donors (Lipinski definition) is 5. The van der Waals surface area contributed by atoms with Crippen LogP contribution in [-0.2, 0) is 4.74 Å². The molecule has 1 aliphatic heterocycles. The standard InChI is InChI=1S/C22H33NO6/c1-4-23-9-19(2)6-5-13(24)21-11-7-10-12(29-3)8-20(27,14(11)15(10)25)22(28,18(21)23)17(26)16(19)21/h5-6,10-18,24-28H,4,7-9H2,1-3H3/t10-,11-,12?,13?,14-,15?,16-,17?,18?,19+,20-,21+,22?/m1/s1. The summed E-state index contributed by atoms with van der Waals surface area (Å²) >= 11 is 0. The SMILES string of the molecule is CCN1C[C@]2(C)C=CC(O)[C@]34C1C(O)(C(O)[C@@H]32)[C@@]1(O)CC(OC)[C@H]2C[C@@H]4[C@@H]1C2O. The molecular weight excluding hydrogens is 374 g/mol. The molecule has 5 aliphatic carbocycles. The van der Waals surface area contributed by atoms with Gasteiger partial charge in [0.2, 0.25) is 0 Å². The third-order valence-corrected chi connectivity index (χ3v) is 10.3. The molecule has 13 atom stereocenters. The Balaban J connectivity index is 1.68. The summed E-state index contributed by atoms with van der Waals surface area (Å²) in [6.07, 6.45) is 1.41. The quantitative estimate of drug-likeness (QED) is 0.378. The third kappa shape index (κ3) is 1.63. The molecule has 0 radical (unpaired) electrons. The first kappa shape index (κ1) is 19.2. The summed E-state index contributed by atoms with van der Waals surface area (Å²) in [7, 11) is 1.58. The molecule has 1 saturated heterocycles. The van der Waals surface area contributed by atoms with Gasteiger partial charge in [0, 0.05) is 48.7 Å². The van der Waals surface area contributed by atoms with E-state index in [0.717, 1.165) is 0 Å². The Morgan fingerprint density at radius 2 is 1.93 bits per heavy atom. The van der Waals surface area contributed by atoms with Gasteiger partial charge < -0.3 is 30.3 Å². The fraction of sp³-hybridized carbons (Fsp3) is 0.909. The van der Waals surface area contributed by atoms with E-state index in [0.29, 0.717) is 19.5 Å². The van der Waals surface area contributed by atoms with Gasteiger partial charge in [0.1, 0.15) is 11.2 Å². The first-order valence-corrected chi connectivity index (χ1v) is 11.1. The molecule has 0 amide bonds. The maximum absolute atomic E-state index is 12.3. The van der Waals surface area contributed by atoms with Crippen LogP contribution < -0.4 is 0 Å². The number of aliphatic hydroxyl groups excluding tert-OH is 3. The Bertz CT molecular complexity index is 791. The van der Waals surface area contributed by atoms with Crippen LogP contribution in [0.25, 0.3) is 0 Å². The summed E-state index contributed by atoms with van der Waals surface area (Å²) in [5.41, 5.74) is -4.74. The molecule has 1 heterocycles. The second kappa shape index (κ2) is 5.26. The number of nitrogens with zero attached hydrogens (tertiary/aromatic N) is 1. The van der Waals surface area contributed by atoms with Crippen molar-refractivity contribution in [3.63, 3.8) is 0 Å². The van der Waals surface area contributed by atoms with Crippen molar-refractivity contribution in [2.24, 2.45) is 34.5 Å². The molecule has 7 bridgehead atoms. The van der Waals surface area contributed by atoms with Crippen LogP contribution in [0.4, 0.5) is 0 Å². The van der Waals surface area contributed by atoms with E-state index in [9.17, 15) is 25.5 Å². The van der Waals surface area contributed by atoms with Crippen molar-refractivity contribution in [1.29, 1.82) is 0 Å². The minimum Gasteiger partial charge on any atom is -0.392 e. The van der Waals surface area contributed by atoms with Crippen LogP contribution in [0.15, 0.2) is 12.2 Å². The van der Waals surface area contributed by atoms with Gasteiger partial charge in [-0.2, -0.15) is 0 Å². The molecule has 29 heavy (non-hydrogen) atoms. The van der Waals surface area contributed by atoms with Crippen LogP contribution in [-0.4, -0.2) is 92.3 Å². The first-order chi connectivity index (χ1) is 13.6. The molecule has 5 N–H and O–H groups in total. The second-order valence-electron chi connectivity index (χ2n) is 10.9. The van der Waals surface area contributed by atoms with E-state index in [2.05, 4.69) is 11.8 Å². The van der Waals surface area contributed by atoms with Gasteiger partial charge in [-0.05, 0) is 18.9 Å². The minimum atomic E-state index is -1.84. The number of methoxy groups -OCH3 is 1. The van der Waals surface area contributed by atoms with Gasteiger partial charge >= 0.3 is 0 Å². The number of likely N-dealkylation sites (N-methyl/N-ethyl adjacent to an activating group) is 1. The van der Waals surface area contributed by atoms with Gasteiger partial charge in [-0.3, -0.25) is 4.90 Å². The molecule has 6 unspecified atom stereocenters. The summed E-state index contributed by atoms with van der Waals surface area (Å²) in [6.45, 7) is 5.43. The van der Waals surface area contributed by atoms with Crippen molar-refractivity contribution in [3.8, 4) is 0 Å². The predicted molar refractivity (Wildman–Crippen MR) is 103 cm³/mol. The number of ether oxygens (including phenoxy) is 1. The first-order valence-electron chi connectivity index (χ1n) is 11.1. The largest absolute Gasteiger partial charge is 0.392 e. The van der Waals surface area contributed by atoms with Crippen molar-refractivity contribution in [2.75, 3.05) is 20.2 Å². The molecule has 0 aromatic carbocycles. The predicted octanol–water partition coefficient (Wildman–Crippen LogP) is -0.888. The molecule has 0 aromatic rings. The van der Waals surface area contributed by atoms with Gasteiger partial charge in [0.05, 0.1) is 30.5 Å². The van der Waals surface area contributed by atoms with Crippen molar-refractivity contribution >= 4 is 0 Å². The van der Waals surface area contributed by atoms with E-state index in [1.54, 1.807) is 7.11 Å². The van der Waals surface area contributed by atoms with Crippen molar-refractivity contribution in [1.82, 2.24) is 4.90 Å². The normalized spacial score (nSPS) is 67.1. The zero-order valence-electron chi connectivity index (χ0n) is 17.3. The zero-order chi connectivity index (χ0) is 20.7. The van der Waals surface area contributed by atoms with E-state index in [1.807, 2.05) is 19.1 Å². The molecule has 162 valence electrons. The van der Waals surface area contributed by atoms with Gasteiger partial charge in [0.25, 0.3) is 0 Å². The summed E-state index contributed by atoms with van der Waals surface area (Å²) < 4.78 is 5.66. The minimum absolute atomic E-state index is 0.134. The molecule has 0 aromatic heterocycles. The number of rotatable bonds is 2. The summed E-state index contributed by atoms with van der Waals surface area (Å²) in [6, 6.07) is -0.569. The van der Waals surface area contributed by atoms with Crippen LogP contribution in [0.3, 0.4) is 0 Å². The lowest BCUT2D eigenvalue weighted by molar-refractivity contribution is -0.308. The maximum Gasteiger partial charge on any atom is 0.136 e. The molecule has 4 saturated carbocycles. The second-order valence-corrected chi connectivity index (χ2v) is 10.9. The monoisotopic (exact) mass is 407 g/mol. The molecule has 6 rings (SSSR count). The molecule has 1 spiro atoms. The Morgan fingerprint density at radius 1 is 1.21 bits per heavy atom. The summed E-state index contributed by atoms with van der Waals surface area (Å²) in [5, 5.41) is 58.9. The highest BCUT2D eigenvalue weighted by atomic mass is 16.5. The summed E-state index contributed by atoms with van der Waals surface area (Å²) in [5.74, 6) is -1.29. The van der Waals surface area contributed by atoms with E-state index in [4.69, 9.17) is 4.74 Å². The average molecular weight is 408 g/mol.